The fourth-order valence-electron chi connectivity index (χ4n) is 2.44. The molecule has 1 aromatic rings. The number of guanidine groups is 1. The number of nitrogens with zero attached hydrogens (tertiary/aromatic N) is 2. The van der Waals surface area contributed by atoms with Gasteiger partial charge in [-0.3, -0.25) is 4.99 Å². The van der Waals surface area contributed by atoms with Crippen molar-refractivity contribution in [1.82, 2.24) is 10.6 Å². The molecule has 0 heterocycles. The van der Waals surface area contributed by atoms with Crippen LogP contribution in [0.2, 0.25) is 0 Å². The molecule has 5 nitrogen and oxygen atoms in total. The second-order valence-electron chi connectivity index (χ2n) is 6.55. The summed E-state index contributed by atoms with van der Waals surface area (Å²) in [6, 6.07) is 10.8. The standard InChI is InChI=1S/C19H32N4O.HI/c1-16(23(3)18-8-5-4-6-9-18)14-22-19(20-2)21-12-7-13-24-15-17-10-11-17;/h4-6,8-9,16-17H,7,10-15H2,1-3H3,(H2,20,21,22);1H. The average Bonchev–Trinajstić information content (AvgIpc) is 3.44. The van der Waals surface area contributed by atoms with Gasteiger partial charge in [0.25, 0.3) is 0 Å². The van der Waals surface area contributed by atoms with E-state index in [0.717, 1.165) is 44.6 Å². The van der Waals surface area contributed by atoms with Gasteiger partial charge in [0.15, 0.2) is 5.96 Å². The zero-order valence-corrected chi connectivity index (χ0v) is 18.0. The van der Waals surface area contributed by atoms with Crippen LogP contribution in [0.15, 0.2) is 35.3 Å². The Morgan fingerprint density at radius 2 is 2.00 bits per heavy atom. The lowest BCUT2D eigenvalue weighted by Crippen LogP contribution is -2.45. The number of hydrogen-bond acceptors (Lipinski definition) is 3. The molecule has 2 rings (SSSR count). The summed E-state index contributed by atoms with van der Waals surface area (Å²) in [5.41, 5.74) is 1.22. The van der Waals surface area contributed by atoms with Crippen molar-refractivity contribution in [2.45, 2.75) is 32.2 Å². The summed E-state index contributed by atoms with van der Waals surface area (Å²) in [4.78, 5) is 6.55. The Kier molecular flexibility index (Phi) is 10.9. The number of ether oxygens (including phenoxy) is 1. The fourth-order valence-corrected chi connectivity index (χ4v) is 2.44. The number of rotatable bonds is 10. The minimum absolute atomic E-state index is 0. The van der Waals surface area contributed by atoms with Crippen LogP contribution < -0.4 is 15.5 Å². The van der Waals surface area contributed by atoms with Gasteiger partial charge in [0.05, 0.1) is 0 Å². The van der Waals surface area contributed by atoms with Crippen molar-refractivity contribution in [3.05, 3.63) is 30.3 Å². The van der Waals surface area contributed by atoms with Crippen molar-refractivity contribution in [2.24, 2.45) is 10.9 Å². The van der Waals surface area contributed by atoms with Gasteiger partial charge in [0.2, 0.25) is 0 Å². The van der Waals surface area contributed by atoms with Crippen LogP contribution in [0.5, 0.6) is 0 Å². The number of benzene rings is 1. The maximum atomic E-state index is 5.64. The summed E-state index contributed by atoms with van der Waals surface area (Å²) < 4.78 is 5.64. The molecule has 1 aliphatic rings. The molecule has 1 saturated carbocycles. The summed E-state index contributed by atoms with van der Waals surface area (Å²) in [6.07, 6.45) is 3.71. The van der Waals surface area contributed by atoms with Crippen molar-refractivity contribution in [3.63, 3.8) is 0 Å². The molecule has 1 atom stereocenters. The highest BCUT2D eigenvalue weighted by atomic mass is 127. The third-order valence-corrected chi connectivity index (χ3v) is 4.42. The van der Waals surface area contributed by atoms with Crippen LogP contribution in [0.4, 0.5) is 5.69 Å². The highest BCUT2D eigenvalue weighted by Crippen LogP contribution is 2.28. The number of nitrogens with one attached hydrogen (secondary N) is 2. The topological polar surface area (TPSA) is 48.9 Å². The molecule has 1 fully saturated rings. The van der Waals surface area contributed by atoms with E-state index in [4.69, 9.17) is 4.74 Å². The van der Waals surface area contributed by atoms with Crippen LogP contribution in [-0.2, 0) is 4.74 Å². The SMILES string of the molecule is CN=C(NCCCOCC1CC1)NCC(C)N(C)c1ccccc1.I. The molecule has 1 aliphatic carbocycles. The van der Waals surface area contributed by atoms with Crippen molar-refractivity contribution in [1.29, 1.82) is 0 Å². The number of likely N-dealkylation sites (N-methyl/N-ethyl adjacent to an activating group) is 1. The van der Waals surface area contributed by atoms with Crippen molar-refractivity contribution >= 4 is 35.6 Å². The molecular weight excluding hydrogens is 427 g/mol. The third kappa shape index (κ3) is 8.76. The lowest BCUT2D eigenvalue weighted by atomic mass is 10.2. The van der Waals surface area contributed by atoms with Gasteiger partial charge in [-0.15, -0.1) is 24.0 Å². The molecule has 25 heavy (non-hydrogen) atoms. The molecule has 0 amide bonds. The van der Waals surface area contributed by atoms with Crippen LogP contribution in [-0.4, -0.2) is 52.4 Å². The van der Waals surface area contributed by atoms with E-state index in [9.17, 15) is 0 Å². The lowest BCUT2D eigenvalue weighted by molar-refractivity contribution is 0.123. The molecule has 0 saturated heterocycles. The summed E-state index contributed by atoms with van der Waals surface area (Å²) in [5, 5.41) is 6.74. The van der Waals surface area contributed by atoms with Crippen LogP contribution in [0, 0.1) is 5.92 Å². The summed E-state index contributed by atoms with van der Waals surface area (Å²) in [5.74, 6) is 1.70. The van der Waals surface area contributed by atoms with E-state index in [1.54, 1.807) is 0 Å². The summed E-state index contributed by atoms with van der Waals surface area (Å²) in [7, 11) is 3.93. The Morgan fingerprint density at radius 3 is 2.64 bits per heavy atom. The largest absolute Gasteiger partial charge is 0.381 e. The zero-order valence-electron chi connectivity index (χ0n) is 15.7. The molecule has 0 aromatic heterocycles. The molecule has 1 unspecified atom stereocenters. The van der Waals surface area contributed by atoms with Gasteiger partial charge < -0.3 is 20.3 Å². The Morgan fingerprint density at radius 1 is 1.28 bits per heavy atom. The first-order valence-electron chi connectivity index (χ1n) is 9.01. The van der Waals surface area contributed by atoms with Crippen LogP contribution >= 0.6 is 24.0 Å². The number of halogens is 1. The number of anilines is 1. The van der Waals surface area contributed by atoms with Crippen molar-refractivity contribution < 1.29 is 4.74 Å². The van der Waals surface area contributed by atoms with Gasteiger partial charge in [0.1, 0.15) is 0 Å². The third-order valence-electron chi connectivity index (χ3n) is 4.42. The van der Waals surface area contributed by atoms with E-state index in [1.807, 2.05) is 13.1 Å². The van der Waals surface area contributed by atoms with E-state index in [2.05, 4.69) is 58.8 Å². The molecule has 0 radical (unpaired) electrons. The molecule has 0 bridgehead atoms. The Labute approximate surface area is 169 Å². The van der Waals surface area contributed by atoms with Gasteiger partial charge >= 0.3 is 0 Å². The zero-order chi connectivity index (χ0) is 17.2. The Hall–Kier alpha value is -1.02. The first-order valence-corrected chi connectivity index (χ1v) is 9.01. The van der Waals surface area contributed by atoms with E-state index in [-0.39, 0.29) is 24.0 Å². The maximum absolute atomic E-state index is 5.64. The summed E-state index contributed by atoms with van der Waals surface area (Å²) >= 11 is 0. The highest BCUT2D eigenvalue weighted by Gasteiger charge is 2.20. The molecule has 142 valence electrons. The predicted octanol–water partition coefficient (Wildman–Crippen LogP) is 3.11. The second-order valence-corrected chi connectivity index (χ2v) is 6.55. The van der Waals surface area contributed by atoms with Crippen molar-refractivity contribution in [3.8, 4) is 0 Å². The van der Waals surface area contributed by atoms with Gasteiger partial charge in [-0.25, -0.2) is 0 Å². The van der Waals surface area contributed by atoms with E-state index < -0.39 is 0 Å². The van der Waals surface area contributed by atoms with E-state index in [1.165, 1.54) is 18.5 Å². The lowest BCUT2D eigenvalue weighted by Gasteiger charge is -2.27. The average molecular weight is 460 g/mol. The molecule has 2 N–H and O–H groups in total. The molecule has 0 aliphatic heterocycles. The van der Waals surface area contributed by atoms with Crippen LogP contribution in [0.3, 0.4) is 0 Å². The van der Waals surface area contributed by atoms with Crippen LogP contribution in [0.1, 0.15) is 26.2 Å². The monoisotopic (exact) mass is 460 g/mol. The smallest absolute Gasteiger partial charge is 0.191 e. The maximum Gasteiger partial charge on any atom is 0.191 e. The minimum atomic E-state index is 0. The molecule has 6 heteroatoms. The number of hydrogen-bond donors (Lipinski definition) is 2. The molecular formula is C19H33IN4O. The first kappa shape index (κ1) is 22.0. The van der Waals surface area contributed by atoms with E-state index in [0.29, 0.717) is 6.04 Å². The first-order chi connectivity index (χ1) is 11.7. The number of aliphatic imine (C=N–C) groups is 1. The van der Waals surface area contributed by atoms with Gasteiger partial charge in [0, 0.05) is 52.1 Å². The van der Waals surface area contributed by atoms with E-state index >= 15 is 0 Å². The van der Waals surface area contributed by atoms with Gasteiger partial charge in [-0.05, 0) is 44.2 Å². The normalized spacial score (nSPS) is 15.2. The van der Waals surface area contributed by atoms with Gasteiger partial charge in [-0.2, -0.15) is 0 Å². The fraction of sp³-hybridized carbons (Fsp3) is 0.632. The quantitative estimate of drug-likeness (QED) is 0.244. The summed E-state index contributed by atoms with van der Waals surface area (Å²) in [6.45, 7) is 5.69. The van der Waals surface area contributed by atoms with Crippen LogP contribution in [0.25, 0.3) is 0 Å². The number of para-hydroxylation sites is 1. The molecule has 0 spiro atoms. The van der Waals surface area contributed by atoms with Gasteiger partial charge in [-0.1, -0.05) is 18.2 Å². The van der Waals surface area contributed by atoms with Crippen molar-refractivity contribution in [2.75, 3.05) is 45.3 Å². The highest BCUT2D eigenvalue weighted by molar-refractivity contribution is 14.0. The predicted molar refractivity (Wildman–Crippen MR) is 117 cm³/mol. The Bertz CT molecular complexity index is 493. The Balaban J connectivity index is 0.00000312. The minimum Gasteiger partial charge on any atom is -0.381 e. The molecule has 1 aromatic carbocycles. The second kappa shape index (κ2) is 12.4.